The van der Waals surface area contributed by atoms with Crippen LogP contribution in [0.15, 0.2) is 0 Å². The molecule has 0 unspecified atom stereocenters. The number of hydrogen-bond acceptors (Lipinski definition) is 6. The van der Waals surface area contributed by atoms with Gasteiger partial charge >= 0.3 is 0 Å². The third kappa shape index (κ3) is 23.0. The van der Waals surface area contributed by atoms with E-state index in [0.29, 0.717) is 24.4 Å². The predicted octanol–water partition coefficient (Wildman–Crippen LogP) is 9.08. The van der Waals surface area contributed by atoms with Crippen molar-refractivity contribution in [1.29, 1.82) is 0 Å². The van der Waals surface area contributed by atoms with Crippen LogP contribution in [0.3, 0.4) is 0 Å². The zero-order chi connectivity index (χ0) is 20.7. The van der Waals surface area contributed by atoms with Crippen molar-refractivity contribution in [2.75, 3.05) is 11.5 Å². The van der Waals surface area contributed by atoms with E-state index in [9.17, 15) is 9.59 Å². The maximum atomic E-state index is 11.8. The van der Waals surface area contributed by atoms with Crippen molar-refractivity contribution < 1.29 is 9.59 Å². The number of ketones is 2. The van der Waals surface area contributed by atoms with Gasteiger partial charge in [-0.15, -0.1) is 0 Å². The fraction of sp³-hybridized carbons (Fsp3) is 0.909. The van der Waals surface area contributed by atoms with Crippen molar-refractivity contribution >= 4 is 52.8 Å². The second kappa shape index (κ2) is 24.0. The lowest BCUT2D eigenvalue weighted by Crippen LogP contribution is -1.99. The molecule has 0 saturated heterocycles. The standard InChI is InChI=1S/C22H42O2S4/c1-3-5-7-9-11-13-15-21(23)17-19-25-27-28-26-20-18-22(24)16-14-12-10-8-6-4-2/h3-20H2,1-2H3. The number of hydrogen-bond donors (Lipinski definition) is 0. The zero-order valence-electron chi connectivity index (χ0n) is 18.2. The second-order valence-corrected chi connectivity index (χ2v) is 13.6. The third-order valence-corrected chi connectivity index (χ3v) is 11.1. The number of Topliss-reactive ketones (excluding diaryl/α,β-unsaturated/α-hetero) is 2. The van der Waals surface area contributed by atoms with E-state index in [1.807, 2.05) is 0 Å². The SMILES string of the molecule is CCCCCCCCC(=O)CCSSSSCCC(=O)CCCCCCCC. The second-order valence-electron chi connectivity index (χ2n) is 7.39. The van der Waals surface area contributed by atoms with Gasteiger partial charge in [-0.05, 0) is 32.5 Å². The minimum atomic E-state index is 0.418. The van der Waals surface area contributed by atoms with Gasteiger partial charge < -0.3 is 0 Å². The van der Waals surface area contributed by atoms with Crippen molar-refractivity contribution in [1.82, 2.24) is 0 Å². The fourth-order valence-corrected chi connectivity index (χ4v) is 8.91. The molecule has 0 aliphatic carbocycles. The van der Waals surface area contributed by atoms with Crippen LogP contribution in [0.5, 0.6) is 0 Å². The van der Waals surface area contributed by atoms with Crippen LogP contribution in [-0.2, 0) is 9.59 Å². The Morgan fingerprint density at radius 3 is 1.25 bits per heavy atom. The van der Waals surface area contributed by atoms with E-state index in [-0.39, 0.29) is 0 Å². The van der Waals surface area contributed by atoms with E-state index in [0.717, 1.165) is 37.2 Å². The number of rotatable bonds is 23. The van der Waals surface area contributed by atoms with Crippen LogP contribution in [0, 0.1) is 0 Å². The van der Waals surface area contributed by atoms with E-state index >= 15 is 0 Å². The Bertz CT molecular complexity index is 330. The van der Waals surface area contributed by atoms with Crippen molar-refractivity contribution in [3.63, 3.8) is 0 Å². The van der Waals surface area contributed by atoms with Gasteiger partial charge in [0, 0.05) is 37.2 Å². The van der Waals surface area contributed by atoms with Gasteiger partial charge in [0.25, 0.3) is 0 Å². The molecule has 0 aromatic heterocycles. The van der Waals surface area contributed by atoms with E-state index < -0.39 is 0 Å². The molecule has 0 aliphatic rings. The Hall–Kier alpha value is 0.740. The Morgan fingerprint density at radius 2 is 0.857 bits per heavy atom. The molecule has 0 aromatic rings. The Kier molecular flexibility index (Phi) is 24.6. The lowest BCUT2D eigenvalue weighted by Gasteiger charge is -2.03. The molecule has 0 atom stereocenters. The van der Waals surface area contributed by atoms with Crippen LogP contribution in [0.1, 0.15) is 117 Å². The first-order valence-corrected chi connectivity index (χ1v) is 16.5. The minimum absolute atomic E-state index is 0.418. The molecule has 0 aliphatic heterocycles. The largest absolute Gasteiger partial charge is 0.300 e. The first-order valence-electron chi connectivity index (χ1n) is 11.3. The summed E-state index contributed by atoms with van der Waals surface area (Å²) in [5.74, 6) is 2.65. The Labute approximate surface area is 189 Å². The topological polar surface area (TPSA) is 34.1 Å². The van der Waals surface area contributed by atoms with E-state index in [1.54, 1.807) is 41.2 Å². The third-order valence-electron chi connectivity index (χ3n) is 4.67. The molecule has 0 heterocycles. The molecule has 0 bridgehead atoms. The van der Waals surface area contributed by atoms with Gasteiger partial charge in [0.15, 0.2) is 0 Å². The molecule has 2 nitrogen and oxygen atoms in total. The summed E-state index contributed by atoms with van der Waals surface area (Å²) in [5, 5.41) is 0. The first-order chi connectivity index (χ1) is 13.7. The molecule has 0 rings (SSSR count). The molecule has 0 radical (unpaired) electrons. The molecule has 0 amide bonds. The smallest absolute Gasteiger partial charge is 0.133 e. The molecule has 6 heteroatoms. The zero-order valence-corrected chi connectivity index (χ0v) is 21.4. The highest BCUT2D eigenvalue weighted by Gasteiger charge is 2.04. The van der Waals surface area contributed by atoms with Crippen LogP contribution in [0.25, 0.3) is 0 Å². The summed E-state index contributed by atoms with van der Waals surface area (Å²) in [4.78, 5) is 23.7. The van der Waals surface area contributed by atoms with Crippen molar-refractivity contribution in [2.45, 2.75) is 117 Å². The highest BCUT2D eigenvalue weighted by atomic mass is 33.7. The van der Waals surface area contributed by atoms with Crippen LogP contribution in [0.4, 0.5) is 0 Å². The molecule has 0 N–H and O–H groups in total. The highest BCUT2D eigenvalue weighted by molar-refractivity contribution is 9.26. The van der Waals surface area contributed by atoms with Gasteiger partial charge in [0.2, 0.25) is 0 Å². The van der Waals surface area contributed by atoms with Crippen LogP contribution >= 0.6 is 41.2 Å². The number of carbonyl (C=O) groups excluding carboxylic acids is 2. The fourth-order valence-electron chi connectivity index (χ4n) is 2.87. The van der Waals surface area contributed by atoms with Gasteiger partial charge in [0.05, 0.1) is 0 Å². The molecule has 0 aromatic carbocycles. The summed E-state index contributed by atoms with van der Waals surface area (Å²) >= 11 is 0. The van der Waals surface area contributed by atoms with Crippen molar-refractivity contribution in [3.05, 3.63) is 0 Å². The molecular formula is C22H42O2S4. The lowest BCUT2D eigenvalue weighted by atomic mass is 10.1. The maximum absolute atomic E-state index is 11.8. The summed E-state index contributed by atoms with van der Waals surface area (Å²) in [6.45, 7) is 4.46. The Morgan fingerprint density at radius 1 is 0.500 bits per heavy atom. The highest BCUT2D eigenvalue weighted by Crippen LogP contribution is 2.43. The van der Waals surface area contributed by atoms with Crippen LogP contribution < -0.4 is 0 Å². The van der Waals surface area contributed by atoms with Crippen LogP contribution in [-0.4, -0.2) is 23.1 Å². The number of unbranched alkanes of at least 4 members (excludes halogenated alkanes) is 10. The molecule has 28 heavy (non-hydrogen) atoms. The molecule has 0 spiro atoms. The van der Waals surface area contributed by atoms with Crippen molar-refractivity contribution in [3.8, 4) is 0 Å². The summed E-state index contributed by atoms with van der Waals surface area (Å²) in [5.41, 5.74) is 0. The normalized spacial score (nSPS) is 11.1. The van der Waals surface area contributed by atoms with Crippen molar-refractivity contribution in [2.24, 2.45) is 0 Å². The molecule has 166 valence electrons. The van der Waals surface area contributed by atoms with Crippen LogP contribution in [0.2, 0.25) is 0 Å². The van der Waals surface area contributed by atoms with Gasteiger partial charge in [-0.3, -0.25) is 9.59 Å². The minimum Gasteiger partial charge on any atom is -0.300 e. The Balaban J connectivity index is 3.25. The van der Waals surface area contributed by atoms with Gasteiger partial charge in [0.1, 0.15) is 11.6 Å². The summed E-state index contributed by atoms with van der Waals surface area (Å²) in [7, 11) is 7.03. The lowest BCUT2D eigenvalue weighted by molar-refractivity contribution is -0.119. The average Bonchev–Trinajstić information content (AvgIpc) is 2.69. The first kappa shape index (κ1) is 28.7. The van der Waals surface area contributed by atoms with E-state index in [1.165, 1.54) is 64.2 Å². The maximum Gasteiger partial charge on any atom is 0.133 e. The van der Waals surface area contributed by atoms with Gasteiger partial charge in [-0.25, -0.2) is 0 Å². The van der Waals surface area contributed by atoms with E-state index in [2.05, 4.69) is 13.8 Å². The summed E-state index contributed by atoms with van der Waals surface area (Å²) in [6, 6.07) is 0. The van der Waals surface area contributed by atoms with Gasteiger partial charge in [-0.1, -0.05) is 99.6 Å². The number of carbonyl (C=O) groups is 2. The summed E-state index contributed by atoms with van der Waals surface area (Å²) in [6.07, 6.45) is 17.9. The predicted molar refractivity (Wildman–Crippen MR) is 135 cm³/mol. The average molecular weight is 467 g/mol. The van der Waals surface area contributed by atoms with E-state index in [4.69, 9.17) is 0 Å². The molecule has 0 fully saturated rings. The monoisotopic (exact) mass is 466 g/mol. The quantitative estimate of drug-likeness (QED) is 0.110. The van der Waals surface area contributed by atoms with Gasteiger partial charge in [-0.2, -0.15) is 0 Å². The molecule has 0 saturated carbocycles. The summed E-state index contributed by atoms with van der Waals surface area (Å²) < 4.78 is 0. The molecular weight excluding hydrogens is 425 g/mol.